The third-order valence-corrected chi connectivity index (χ3v) is 7.01. The Morgan fingerprint density at radius 2 is 2.00 bits per heavy atom. The topological polar surface area (TPSA) is 108 Å². The van der Waals surface area contributed by atoms with Crippen molar-refractivity contribution in [2.45, 2.75) is 29.4 Å². The second-order valence-electron chi connectivity index (χ2n) is 7.22. The number of methoxy groups -OCH3 is 1. The molecule has 0 saturated carbocycles. The first kappa shape index (κ1) is 21.4. The highest BCUT2D eigenvalue weighted by atomic mass is 32.2. The summed E-state index contributed by atoms with van der Waals surface area (Å²) in [5.41, 5.74) is 2.45. The SMILES string of the molecule is COc1ccc(-n2ccnc2SCC(=O)N2c3ccc(S(N)(=O)=O)cc3CC2C)cc1. The van der Waals surface area contributed by atoms with Gasteiger partial charge in [-0.2, -0.15) is 0 Å². The van der Waals surface area contributed by atoms with Gasteiger partial charge in [-0.05, 0) is 61.4 Å². The summed E-state index contributed by atoms with van der Waals surface area (Å²) in [6.07, 6.45) is 4.12. The Morgan fingerprint density at radius 1 is 1.26 bits per heavy atom. The molecule has 1 unspecified atom stereocenters. The van der Waals surface area contributed by atoms with Crippen molar-refractivity contribution < 1.29 is 17.9 Å². The van der Waals surface area contributed by atoms with Crippen LogP contribution in [0, 0.1) is 0 Å². The molecular formula is C21H22N4O4S2. The highest BCUT2D eigenvalue weighted by molar-refractivity contribution is 7.99. The quantitative estimate of drug-likeness (QED) is 0.569. The smallest absolute Gasteiger partial charge is 0.238 e. The van der Waals surface area contributed by atoms with Gasteiger partial charge in [0.2, 0.25) is 15.9 Å². The molecular weight excluding hydrogens is 436 g/mol. The summed E-state index contributed by atoms with van der Waals surface area (Å²) in [5.74, 6) is 0.901. The van der Waals surface area contributed by atoms with E-state index in [2.05, 4.69) is 4.98 Å². The molecule has 1 aliphatic rings. The highest BCUT2D eigenvalue weighted by Gasteiger charge is 2.31. The molecule has 162 valence electrons. The summed E-state index contributed by atoms with van der Waals surface area (Å²) in [4.78, 5) is 19.2. The van der Waals surface area contributed by atoms with Gasteiger partial charge in [-0.15, -0.1) is 0 Å². The van der Waals surface area contributed by atoms with E-state index in [1.165, 1.54) is 17.8 Å². The number of sulfonamides is 1. The van der Waals surface area contributed by atoms with E-state index in [-0.39, 0.29) is 22.6 Å². The first-order valence-corrected chi connectivity index (χ1v) is 12.1. The molecule has 8 nitrogen and oxygen atoms in total. The fourth-order valence-corrected chi connectivity index (χ4v) is 5.09. The van der Waals surface area contributed by atoms with Crippen molar-refractivity contribution >= 4 is 33.4 Å². The van der Waals surface area contributed by atoms with Gasteiger partial charge in [-0.3, -0.25) is 9.36 Å². The molecule has 0 aliphatic carbocycles. The van der Waals surface area contributed by atoms with Crippen molar-refractivity contribution in [3.05, 3.63) is 60.4 Å². The lowest BCUT2D eigenvalue weighted by Crippen LogP contribution is -2.37. The van der Waals surface area contributed by atoms with Crippen molar-refractivity contribution in [2.24, 2.45) is 5.14 Å². The number of benzene rings is 2. The average Bonchev–Trinajstić information content (AvgIpc) is 3.34. The number of amides is 1. The molecule has 2 aromatic carbocycles. The minimum Gasteiger partial charge on any atom is -0.497 e. The van der Waals surface area contributed by atoms with E-state index in [9.17, 15) is 13.2 Å². The Balaban J connectivity index is 1.50. The predicted molar refractivity (Wildman–Crippen MR) is 119 cm³/mol. The highest BCUT2D eigenvalue weighted by Crippen LogP contribution is 2.34. The van der Waals surface area contributed by atoms with Crippen LogP contribution in [0.5, 0.6) is 5.75 Å². The van der Waals surface area contributed by atoms with Crippen LogP contribution in [-0.2, 0) is 21.2 Å². The number of primary sulfonamides is 1. The fraction of sp³-hybridized carbons (Fsp3) is 0.238. The molecule has 1 atom stereocenters. The molecule has 0 fully saturated rings. The number of aromatic nitrogens is 2. The monoisotopic (exact) mass is 458 g/mol. The van der Waals surface area contributed by atoms with E-state index in [0.717, 1.165) is 22.7 Å². The molecule has 0 bridgehead atoms. The molecule has 4 rings (SSSR count). The lowest BCUT2D eigenvalue weighted by atomic mass is 10.1. The van der Waals surface area contributed by atoms with Crippen molar-refractivity contribution in [1.82, 2.24) is 9.55 Å². The number of thioether (sulfide) groups is 1. The van der Waals surface area contributed by atoms with Gasteiger partial charge >= 0.3 is 0 Å². The Hall–Kier alpha value is -2.82. The fourth-order valence-electron chi connectivity index (χ4n) is 3.70. The number of nitrogens with zero attached hydrogens (tertiary/aromatic N) is 3. The number of carbonyl (C=O) groups is 1. The van der Waals surface area contributed by atoms with E-state index in [0.29, 0.717) is 11.6 Å². The van der Waals surface area contributed by atoms with Crippen LogP contribution in [0.4, 0.5) is 5.69 Å². The average molecular weight is 459 g/mol. The zero-order valence-electron chi connectivity index (χ0n) is 17.1. The van der Waals surface area contributed by atoms with E-state index in [1.807, 2.05) is 42.0 Å². The van der Waals surface area contributed by atoms with Crippen LogP contribution >= 0.6 is 11.8 Å². The molecule has 10 heteroatoms. The maximum atomic E-state index is 13.0. The third-order valence-electron chi connectivity index (χ3n) is 5.15. The zero-order valence-corrected chi connectivity index (χ0v) is 18.7. The van der Waals surface area contributed by atoms with Gasteiger partial charge in [0.05, 0.1) is 17.8 Å². The van der Waals surface area contributed by atoms with Crippen molar-refractivity contribution in [2.75, 3.05) is 17.8 Å². The first-order chi connectivity index (χ1) is 14.8. The van der Waals surface area contributed by atoms with Crippen LogP contribution in [0.25, 0.3) is 5.69 Å². The number of carbonyl (C=O) groups excluding carboxylic acids is 1. The Labute approximate surface area is 185 Å². The van der Waals surface area contributed by atoms with Gasteiger partial charge in [0.15, 0.2) is 5.16 Å². The van der Waals surface area contributed by atoms with Crippen LogP contribution in [0.1, 0.15) is 12.5 Å². The molecule has 1 aliphatic heterocycles. The normalized spacial score (nSPS) is 15.7. The Kier molecular flexibility index (Phi) is 5.78. The summed E-state index contributed by atoms with van der Waals surface area (Å²) in [6.45, 7) is 1.94. The number of hydrogen-bond acceptors (Lipinski definition) is 6. The first-order valence-electron chi connectivity index (χ1n) is 9.56. The van der Waals surface area contributed by atoms with Gasteiger partial charge in [0.25, 0.3) is 0 Å². The zero-order chi connectivity index (χ0) is 22.2. The number of fused-ring (bicyclic) bond motifs is 1. The van der Waals surface area contributed by atoms with Crippen molar-refractivity contribution in [3.8, 4) is 11.4 Å². The van der Waals surface area contributed by atoms with Crippen LogP contribution < -0.4 is 14.8 Å². The second kappa shape index (κ2) is 8.37. The summed E-state index contributed by atoms with van der Waals surface area (Å²) < 4.78 is 30.4. The molecule has 0 spiro atoms. The molecule has 1 amide bonds. The minimum atomic E-state index is -3.78. The summed E-state index contributed by atoms with van der Waals surface area (Å²) in [7, 11) is -2.16. The van der Waals surface area contributed by atoms with Crippen LogP contribution in [0.3, 0.4) is 0 Å². The molecule has 2 heterocycles. The predicted octanol–water partition coefficient (Wildman–Crippen LogP) is 2.60. The number of nitrogens with two attached hydrogens (primary N) is 1. The van der Waals surface area contributed by atoms with Crippen LogP contribution in [-0.4, -0.2) is 42.8 Å². The van der Waals surface area contributed by atoms with Gasteiger partial charge in [0.1, 0.15) is 5.75 Å². The van der Waals surface area contributed by atoms with E-state index in [1.54, 1.807) is 30.3 Å². The number of anilines is 1. The number of ether oxygens (including phenoxy) is 1. The molecule has 31 heavy (non-hydrogen) atoms. The molecule has 3 aromatic rings. The van der Waals surface area contributed by atoms with Crippen molar-refractivity contribution in [3.63, 3.8) is 0 Å². The summed E-state index contributed by atoms with van der Waals surface area (Å²) in [5, 5.41) is 5.94. The largest absolute Gasteiger partial charge is 0.497 e. The van der Waals surface area contributed by atoms with Crippen LogP contribution in [0.15, 0.2) is 64.9 Å². The van der Waals surface area contributed by atoms with E-state index in [4.69, 9.17) is 9.88 Å². The Bertz CT molecular complexity index is 1220. The maximum absolute atomic E-state index is 13.0. The number of rotatable bonds is 6. The maximum Gasteiger partial charge on any atom is 0.238 e. The molecule has 0 saturated heterocycles. The Morgan fingerprint density at radius 3 is 2.68 bits per heavy atom. The standard InChI is InChI=1S/C21H22N4O4S2/c1-14-11-15-12-18(31(22,27)28)7-8-19(15)25(14)20(26)13-30-21-23-9-10-24(21)16-3-5-17(29-2)6-4-16/h3-10,12,14H,11,13H2,1-2H3,(H2,22,27,28). The number of imidazole rings is 1. The third kappa shape index (κ3) is 4.32. The lowest BCUT2D eigenvalue weighted by molar-refractivity contribution is -0.116. The second-order valence-corrected chi connectivity index (χ2v) is 9.72. The van der Waals surface area contributed by atoms with Crippen LogP contribution in [0.2, 0.25) is 0 Å². The lowest BCUT2D eigenvalue weighted by Gasteiger charge is -2.22. The summed E-state index contributed by atoms with van der Waals surface area (Å²) in [6, 6.07) is 12.2. The molecule has 1 aromatic heterocycles. The summed E-state index contributed by atoms with van der Waals surface area (Å²) >= 11 is 1.35. The van der Waals surface area contributed by atoms with E-state index >= 15 is 0 Å². The molecule has 2 N–H and O–H groups in total. The van der Waals surface area contributed by atoms with Gasteiger partial charge in [-0.1, -0.05) is 11.8 Å². The van der Waals surface area contributed by atoms with Gasteiger partial charge < -0.3 is 9.64 Å². The van der Waals surface area contributed by atoms with E-state index < -0.39 is 10.0 Å². The molecule has 0 radical (unpaired) electrons. The number of hydrogen-bond donors (Lipinski definition) is 1. The van der Waals surface area contributed by atoms with Gasteiger partial charge in [0, 0.05) is 29.8 Å². The van der Waals surface area contributed by atoms with Gasteiger partial charge in [-0.25, -0.2) is 18.5 Å². The van der Waals surface area contributed by atoms with Crippen molar-refractivity contribution in [1.29, 1.82) is 0 Å². The minimum absolute atomic E-state index is 0.0589.